The number of nitrogens with zero attached hydrogens (tertiary/aromatic N) is 1. The third-order valence-electron chi connectivity index (χ3n) is 3.92. The van der Waals surface area contributed by atoms with Crippen molar-refractivity contribution in [3.8, 4) is 11.5 Å². The number of rotatable bonds is 2. The third-order valence-corrected chi connectivity index (χ3v) is 4.72. The van der Waals surface area contributed by atoms with Crippen LogP contribution in [0.2, 0.25) is 0 Å². The Morgan fingerprint density at radius 2 is 1.87 bits per heavy atom. The van der Waals surface area contributed by atoms with E-state index >= 15 is 0 Å². The molecular formula is C18H13BrN2O2. The monoisotopic (exact) mass is 368 g/mol. The predicted octanol–water partition coefficient (Wildman–Crippen LogP) is 4.82. The van der Waals surface area contributed by atoms with Gasteiger partial charge >= 0.3 is 0 Å². The second-order valence-electron chi connectivity index (χ2n) is 5.24. The van der Waals surface area contributed by atoms with Crippen molar-refractivity contribution in [1.82, 2.24) is 0 Å². The van der Waals surface area contributed by atoms with Crippen LogP contribution in [0.4, 0.5) is 11.4 Å². The molecule has 0 atom stereocenters. The Morgan fingerprint density at radius 3 is 2.65 bits per heavy atom. The molecule has 4 rings (SSSR count). The Balaban J connectivity index is 1.91. The van der Waals surface area contributed by atoms with Crippen molar-refractivity contribution in [3.63, 3.8) is 0 Å². The zero-order chi connectivity index (χ0) is 16.0. The number of amidine groups is 1. The van der Waals surface area contributed by atoms with E-state index in [-0.39, 0.29) is 5.75 Å². The van der Waals surface area contributed by atoms with Crippen LogP contribution in [0.3, 0.4) is 0 Å². The van der Waals surface area contributed by atoms with Gasteiger partial charge in [0.2, 0.25) is 0 Å². The van der Waals surface area contributed by atoms with Gasteiger partial charge in [-0.15, -0.1) is 0 Å². The zero-order valence-electron chi connectivity index (χ0n) is 12.3. The summed E-state index contributed by atoms with van der Waals surface area (Å²) in [5.41, 5.74) is 2.69. The van der Waals surface area contributed by atoms with E-state index in [4.69, 9.17) is 9.73 Å². The van der Waals surface area contributed by atoms with Gasteiger partial charge in [0.15, 0.2) is 11.5 Å². The fourth-order valence-corrected chi connectivity index (χ4v) is 3.33. The van der Waals surface area contributed by atoms with E-state index in [1.807, 2.05) is 30.3 Å². The standard InChI is InChI=1S/C18H13BrN2O2/c1-23-14-9-8-11(16(19)17(14)22)18-20-12-6-2-4-10-5-3-7-13(21-18)15(10)12/h2-9,22H,1H3,(H,20,21). The maximum Gasteiger partial charge on any atom is 0.172 e. The van der Waals surface area contributed by atoms with E-state index < -0.39 is 0 Å². The highest BCUT2D eigenvalue weighted by Gasteiger charge is 2.20. The number of benzene rings is 3. The van der Waals surface area contributed by atoms with E-state index in [0.717, 1.165) is 27.7 Å². The number of aliphatic imine (C=N–C) groups is 1. The van der Waals surface area contributed by atoms with Crippen LogP contribution < -0.4 is 10.1 Å². The van der Waals surface area contributed by atoms with E-state index in [9.17, 15) is 5.11 Å². The minimum absolute atomic E-state index is 0.0616. The smallest absolute Gasteiger partial charge is 0.172 e. The maximum atomic E-state index is 10.2. The molecule has 0 bridgehead atoms. The molecule has 0 saturated heterocycles. The topological polar surface area (TPSA) is 53.8 Å². The molecule has 4 nitrogen and oxygen atoms in total. The molecule has 0 unspecified atom stereocenters. The highest BCUT2D eigenvalue weighted by Crippen LogP contribution is 2.40. The van der Waals surface area contributed by atoms with Crippen LogP contribution in [0.15, 0.2) is 58.0 Å². The average Bonchev–Trinajstić information content (AvgIpc) is 2.57. The highest BCUT2D eigenvalue weighted by atomic mass is 79.9. The van der Waals surface area contributed by atoms with Crippen LogP contribution in [0.1, 0.15) is 5.56 Å². The van der Waals surface area contributed by atoms with Gasteiger partial charge in [0, 0.05) is 16.6 Å². The van der Waals surface area contributed by atoms with Gasteiger partial charge < -0.3 is 15.2 Å². The summed E-state index contributed by atoms with van der Waals surface area (Å²) in [7, 11) is 1.52. The molecule has 5 heteroatoms. The van der Waals surface area contributed by atoms with Crippen molar-refractivity contribution < 1.29 is 9.84 Å². The number of phenols is 1. The van der Waals surface area contributed by atoms with Crippen molar-refractivity contribution in [2.45, 2.75) is 0 Å². The minimum Gasteiger partial charge on any atom is -0.503 e. The number of nitrogens with one attached hydrogen (secondary N) is 1. The first-order chi connectivity index (χ1) is 11.2. The molecule has 0 aliphatic carbocycles. The van der Waals surface area contributed by atoms with Gasteiger partial charge in [-0.05, 0) is 45.6 Å². The molecule has 0 saturated carbocycles. The van der Waals surface area contributed by atoms with Crippen LogP contribution in [-0.4, -0.2) is 18.1 Å². The number of hydrogen-bond acceptors (Lipinski definition) is 4. The predicted molar refractivity (Wildman–Crippen MR) is 96.1 cm³/mol. The molecule has 23 heavy (non-hydrogen) atoms. The fourth-order valence-electron chi connectivity index (χ4n) is 2.82. The number of anilines is 1. The largest absolute Gasteiger partial charge is 0.503 e. The number of ether oxygens (including phenoxy) is 1. The van der Waals surface area contributed by atoms with E-state index in [1.54, 1.807) is 6.07 Å². The molecule has 2 N–H and O–H groups in total. The van der Waals surface area contributed by atoms with Crippen molar-refractivity contribution in [3.05, 3.63) is 58.6 Å². The first-order valence-electron chi connectivity index (χ1n) is 7.12. The van der Waals surface area contributed by atoms with Crippen LogP contribution in [0.25, 0.3) is 10.8 Å². The van der Waals surface area contributed by atoms with Crippen LogP contribution in [0.5, 0.6) is 11.5 Å². The normalized spacial score (nSPS) is 12.7. The SMILES string of the molecule is COc1ccc(C2=Nc3cccc4cccc(c34)N2)c(Br)c1O. The molecule has 3 aromatic rings. The molecular weight excluding hydrogens is 356 g/mol. The Hall–Kier alpha value is -2.53. The van der Waals surface area contributed by atoms with Gasteiger partial charge in [-0.1, -0.05) is 24.3 Å². The lowest BCUT2D eigenvalue weighted by atomic mass is 10.0. The molecule has 1 aliphatic heterocycles. The summed E-state index contributed by atoms with van der Waals surface area (Å²) in [6, 6.07) is 15.7. The molecule has 3 aromatic carbocycles. The minimum atomic E-state index is 0.0616. The van der Waals surface area contributed by atoms with Gasteiger partial charge in [-0.2, -0.15) is 0 Å². The van der Waals surface area contributed by atoms with Crippen molar-refractivity contribution in [1.29, 1.82) is 0 Å². The quantitative estimate of drug-likeness (QED) is 0.681. The summed E-state index contributed by atoms with van der Waals surface area (Å²) < 4.78 is 5.68. The molecule has 0 aromatic heterocycles. The zero-order valence-corrected chi connectivity index (χ0v) is 13.9. The van der Waals surface area contributed by atoms with Crippen LogP contribution in [0, 0.1) is 0 Å². The summed E-state index contributed by atoms with van der Waals surface area (Å²) in [5.74, 6) is 1.16. The lowest BCUT2D eigenvalue weighted by Crippen LogP contribution is -2.16. The lowest BCUT2D eigenvalue weighted by Gasteiger charge is -2.20. The number of halogens is 1. The van der Waals surface area contributed by atoms with Gasteiger partial charge in [-0.25, -0.2) is 4.99 Å². The highest BCUT2D eigenvalue weighted by molar-refractivity contribution is 9.10. The van der Waals surface area contributed by atoms with Crippen molar-refractivity contribution >= 4 is 43.9 Å². The Bertz CT molecular complexity index is 961. The molecule has 0 radical (unpaired) electrons. The molecule has 1 aliphatic rings. The molecule has 0 fully saturated rings. The van der Waals surface area contributed by atoms with Crippen molar-refractivity contribution in [2.24, 2.45) is 4.99 Å². The summed E-state index contributed by atoms with van der Waals surface area (Å²) in [4.78, 5) is 4.71. The number of aromatic hydroxyl groups is 1. The first kappa shape index (κ1) is 14.1. The number of hydrogen-bond donors (Lipinski definition) is 2. The second-order valence-corrected chi connectivity index (χ2v) is 6.04. The van der Waals surface area contributed by atoms with Crippen molar-refractivity contribution in [2.75, 3.05) is 12.4 Å². The number of methoxy groups -OCH3 is 1. The lowest BCUT2D eigenvalue weighted by molar-refractivity contribution is 0.372. The van der Waals surface area contributed by atoms with Crippen LogP contribution >= 0.6 is 15.9 Å². The molecule has 114 valence electrons. The summed E-state index contributed by atoms with van der Waals surface area (Å²) in [6.45, 7) is 0. The van der Waals surface area contributed by atoms with E-state index in [1.165, 1.54) is 7.11 Å². The first-order valence-corrected chi connectivity index (χ1v) is 7.91. The third kappa shape index (κ3) is 2.16. The second kappa shape index (κ2) is 5.28. The van der Waals surface area contributed by atoms with Gasteiger partial charge in [0.05, 0.1) is 17.3 Å². The van der Waals surface area contributed by atoms with Gasteiger partial charge in [-0.3, -0.25) is 0 Å². The molecule has 0 spiro atoms. The van der Waals surface area contributed by atoms with Gasteiger partial charge in [0.1, 0.15) is 5.84 Å². The van der Waals surface area contributed by atoms with E-state index in [0.29, 0.717) is 16.1 Å². The molecule has 1 heterocycles. The average molecular weight is 369 g/mol. The van der Waals surface area contributed by atoms with Gasteiger partial charge in [0.25, 0.3) is 0 Å². The Labute approximate surface area is 141 Å². The fraction of sp³-hybridized carbons (Fsp3) is 0.0556. The van der Waals surface area contributed by atoms with Crippen LogP contribution in [-0.2, 0) is 0 Å². The maximum absolute atomic E-state index is 10.2. The summed E-state index contributed by atoms with van der Waals surface area (Å²) in [6.07, 6.45) is 0. The van der Waals surface area contributed by atoms with E-state index in [2.05, 4.69) is 33.4 Å². The number of phenolic OH excluding ortho intramolecular Hbond substituents is 1. The molecule has 0 amide bonds. The Kier molecular flexibility index (Phi) is 3.23. The summed E-state index contributed by atoms with van der Waals surface area (Å²) >= 11 is 3.43. The Morgan fingerprint density at radius 1 is 1.09 bits per heavy atom. The summed E-state index contributed by atoms with van der Waals surface area (Å²) in [5, 5.41) is 15.8.